The normalized spacial score (nSPS) is 16.5. The number of hydrogen-bond acceptors (Lipinski definition) is 11. The average Bonchev–Trinajstić information content (AvgIpc) is 3.98. The molecule has 8 rings (SSSR count). The Bertz CT molecular complexity index is 2810. The summed E-state index contributed by atoms with van der Waals surface area (Å²) in [6.45, 7) is 2.54. The molecule has 3 amide bonds. The molecule has 1 unspecified atom stereocenters. The van der Waals surface area contributed by atoms with E-state index in [4.69, 9.17) is 9.88 Å². The summed E-state index contributed by atoms with van der Waals surface area (Å²) in [5.74, 6) is 4.76. The van der Waals surface area contributed by atoms with Gasteiger partial charge in [0.1, 0.15) is 24.0 Å². The van der Waals surface area contributed by atoms with Crippen LogP contribution in [-0.2, 0) is 37.9 Å². The van der Waals surface area contributed by atoms with Gasteiger partial charge < -0.3 is 10.1 Å². The molecule has 302 valence electrons. The van der Waals surface area contributed by atoms with E-state index < -0.39 is 32.9 Å². The maximum atomic E-state index is 13.2. The number of hydrogen-bond donors (Lipinski definition) is 4. The van der Waals surface area contributed by atoms with Crippen LogP contribution in [0.1, 0.15) is 53.3 Å². The van der Waals surface area contributed by atoms with Crippen molar-refractivity contribution in [3.05, 3.63) is 106 Å². The Hall–Kier alpha value is -6.72. The average molecular weight is 818 g/mol. The number of benzene rings is 2. The third-order valence-corrected chi connectivity index (χ3v) is 11.2. The number of sulfonamides is 1. The number of likely N-dealkylation sites (tertiary alicyclic amines) is 1. The number of aromatic amines is 1. The second-order valence-corrected chi connectivity index (χ2v) is 15.8. The lowest BCUT2D eigenvalue weighted by Crippen LogP contribution is -2.44. The summed E-state index contributed by atoms with van der Waals surface area (Å²) < 4.78 is 35.3. The van der Waals surface area contributed by atoms with Gasteiger partial charge in [0.2, 0.25) is 16.8 Å². The Morgan fingerprint density at radius 2 is 1.80 bits per heavy atom. The van der Waals surface area contributed by atoms with Crippen LogP contribution in [0.3, 0.4) is 0 Å². The van der Waals surface area contributed by atoms with Crippen LogP contribution in [0.15, 0.2) is 88.9 Å². The van der Waals surface area contributed by atoms with Gasteiger partial charge >= 0.3 is 5.69 Å². The molecule has 6 aromatic rings. The molecule has 6 heterocycles. The number of para-hydroxylation sites is 1. The number of H-pyrrole nitrogens is 1. The van der Waals surface area contributed by atoms with Gasteiger partial charge in [0.05, 0.1) is 46.0 Å². The van der Waals surface area contributed by atoms with Crippen molar-refractivity contribution in [1.82, 2.24) is 44.3 Å². The number of aryl methyl sites for hydroxylation is 1. The van der Waals surface area contributed by atoms with E-state index in [2.05, 4.69) is 47.7 Å². The van der Waals surface area contributed by atoms with E-state index in [0.29, 0.717) is 40.2 Å². The lowest BCUT2D eigenvalue weighted by Gasteiger charge is -2.31. The topological polar surface area (TPSA) is 234 Å². The molecule has 0 bridgehead atoms. The highest BCUT2D eigenvalue weighted by Crippen LogP contribution is 2.26. The number of fused-ring (bicyclic) bond motifs is 1. The molecule has 2 saturated heterocycles. The van der Waals surface area contributed by atoms with Crippen LogP contribution >= 0.6 is 0 Å². The fourth-order valence-electron chi connectivity index (χ4n) is 7.39. The molecule has 1 atom stereocenters. The number of imide groups is 1. The highest BCUT2D eigenvalue weighted by atomic mass is 32.2. The molecule has 0 spiro atoms. The number of anilines is 1. The van der Waals surface area contributed by atoms with E-state index in [0.717, 1.165) is 31.5 Å². The third-order valence-electron chi connectivity index (χ3n) is 10.3. The molecule has 4 aromatic heterocycles. The summed E-state index contributed by atoms with van der Waals surface area (Å²) in [4.78, 5) is 57.3. The number of carbonyl (C=O) groups excluding carboxylic acids is 3. The molecule has 0 radical (unpaired) electrons. The summed E-state index contributed by atoms with van der Waals surface area (Å²) >= 11 is 0. The van der Waals surface area contributed by atoms with Crippen molar-refractivity contribution in [2.75, 3.05) is 25.0 Å². The summed E-state index contributed by atoms with van der Waals surface area (Å²) in [7, 11) is -2.65. The second kappa shape index (κ2) is 16.3. The van der Waals surface area contributed by atoms with Crippen LogP contribution in [0.2, 0.25) is 0 Å². The zero-order valence-corrected chi connectivity index (χ0v) is 32.6. The molecule has 2 aromatic carbocycles. The van der Waals surface area contributed by atoms with Gasteiger partial charge in [-0.05, 0) is 67.3 Å². The first-order valence-corrected chi connectivity index (χ1v) is 20.3. The Morgan fingerprint density at radius 1 is 1.02 bits per heavy atom. The van der Waals surface area contributed by atoms with E-state index in [-0.39, 0.29) is 48.5 Å². The van der Waals surface area contributed by atoms with E-state index in [1.54, 1.807) is 43.6 Å². The minimum absolute atomic E-state index is 0.0372. The quantitative estimate of drug-likeness (QED) is 0.116. The van der Waals surface area contributed by atoms with Gasteiger partial charge in [-0.15, -0.1) is 0 Å². The minimum Gasteiger partial charge on any atom is -0.365 e. The number of ether oxygens (including phenoxy) is 1. The number of rotatable bonds is 10. The summed E-state index contributed by atoms with van der Waals surface area (Å²) in [6, 6.07) is 18.7. The molecular formula is C40H39N11O7S. The predicted molar refractivity (Wildman–Crippen MR) is 214 cm³/mol. The first-order valence-electron chi connectivity index (χ1n) is 18.8. The van der Waals surface area contributed by atoms with Crippen LogP contribution in [0.5, 0.6) is 0 Å². The minimum atomic E-state index is -4.30. The number of nitrogens with one attached hydrogen (secondary N) is 3. The van der Waals surface area contributed by atoms with E-state index in [9.17, 15) is 27.6 Å². The Morgan fingerprint density at radius 3 is 2.53 bits per heavy atom. The van der Waals surface area contributed by atoms with Crippen LogP contribution in [0.4, 0.5) is 5.69 Å². The summed E-state index contributed by atoms with van der Waals surface area (Å²) in [6.07, 6.45) is 5.05. The molecule has 19 heteroatoms. The summed E-state index contributed by atoms with van der Waals surface area (Å²) in [5.41, 5.74) is 4.18. The van der Waals surface area contributed by atoms with Crippen molar-refractivity contribution in [3.8, 4) is 28.9 Å². The number of imidazole rings is 1. The number of piperidine rings is 2. The predicted octanol–water partition coefficient (Wildman–Crippen LogP) is 2.22. The number of nitrogens with two attached hydrogens (primary N) is 1. The number of nitrogens with zero attached hydrogens (tertiary/aromatic N) is 7. The van der Waals surface area contributed by atoms with Gasteiger partial charge in [0, 0.05) is 39.3 Å². The molecule has 59 heavy (non-hydrogen) atoms. The third kappa shape index (κ3) is 8.33. The molecule has 2 aliphatic heterocycles. The number of pyridine rings is 1. The molecule has 0 saturated carbocycles. The monoisotopic (exact) mass is 817 g/mol. The molecule has 18 nitrogen and oxygen atoms in total. The molecule has 5 N–H and O–H groups in total. The van der Waals surface area contributed by atoms with Crippen molar-refractivity contribution < 1.29 is 27.5 Å². The van der Waals surface area contributed by atoms with Crippen LogP contribution in [-0.4, -0.2) is 90.9 Å². The Balaban J connectivity index is 0.855. The van der Waals surface area contributed by atoms with Gasteiger partial charge in [0.15, 0.2) is 0 Å². The van der Waals surface area contributed by atoms with E-state index in [1.807, 2.05) is 30.3 Å². The molecule has 2 fully saturated rings. The smallest absolute Gasteiger partial charge is 0.329 e. The Kier molecular flexibility index (Phi) is 10.8. The van der Waals surface area contributed by atoms with Crippen LogP contribution in [0, 0.1) is 11.8 Å². The highest BCUT2D eigenvalue weighted by molar-refractivity contribution is 7.89. The van der Waals surface area contributed by atoms with Gasteiger partial charge in [-0.3, -0.25) is 38.8 Å². The maximum absolute atomic E-state index is 13.2. The van der Waals surface area contributed by atoms with Crippen molar-refractivity contribution in [1.29, 1.82) is 0 Å². The van der Waals surface area contributed by atoms with Gasteiger partial charge in [-0.2, -0.15) is 10.2 Å². The fourth-order valence-corrected chi connectivity index (χ4v) is 8.00. The van der Waals surface area contributed by atoms with Gasteiger partial charge in [-0.25, -0.2) is 28.0 Å². The number of amides is 3. The maximum Gasteiger partial charge on any atom is 0.329 e. The number of aromatic nitrogens is 7. The zero-order valence-electron chi connectivity index (χ0n) is 31.8. The number of carbonyl (C=O) groups is 3. The molecule has 2 aliphatic rings. The van der Waals surface area contributed by atoms with Crippen molar-refractivity contribution in [3.63, 3.8) is 0 Å². The van der Waals surface area contributed by atoms with Gasteiger partial charge in [-0.1, -0.05) is 36.1 Å². The molecular weight excluding hydrogens is 779 g/mol. The lowest BCUT2D eigenvalue weighted by atomic mass is 10.1. The second-order valence-electron chi connectivity index (χ2n) is 14.3. The molecule has 0 aliphatic carbocycles. The first kappa shape index (κ1) is 39.1. The van der Waals surface area contributed by atoms with Crippen LogP contribution < -0.4 is 21.5 Å². The largest absolute Gasteiger partial charge is 0.365 e. The van der Waals surface area contributed by atoms with E-state index >= 15 is 0 Å². The lowest BCUT2D eigenvalue weighted by molar-refractivity contribution is -0.135. The van der Waals surface area contributed by atoms with Crippen LogP contribution in [0.25, 0.3) is 28.1 Å². The highest BCUT2D eigenvalue weighted by Gasteiger charge is 2.31. The van der Waals surface area contributed by atoms with Crippen molar-refractivity contribution in [2.24, 2.45) is 12.2 Å². The van der Waals surface area contributed by atoms with Crippen molar-refractivity contribution in [2.45, 2.75) is 49.4 Å². The SMILES string of the molecule is Cn1c(=O)n(C2CCC(=O)NC2=O)c2cccc(C#CCOC3CCN(Cc4ccc(-n5cc(NC(=O)c6cccc(-c7ccn[nH]7)n6)c(S(N)(=O)=O)n5)cc4)CC3)c21. The Labute approximate surface area is 337 Å². The summed E-state index contributed by atoms with van der Waals surface area (Å²) in [5, 5.41) is 20.8. The van der Waals surface area contributed by atoms with Gasteiger partial charge in [0.25, 0.3) is 15.9 Å². The fraction of sp³-hybridized carbons (Fsp3) is 0.275. The van der Waals surface area contributed by atoms with Crippen molar-refractivity contribution >= 4 is 44.5 Å². The van der Waals surface area contributed by atoms with E-state index in [1.165, 1.54) is 26.1 Å². The zero-order chi connectivity index (χ0) is 41.3. The number of primary sulfonamides is 1. The standard InChI is InChI=1S/C40H39N11O7S/c1-48-36-26(5-2-9-33(36)51(40(48)55)34-14-15-35(52)45-38(34)54)6-4-22-58-28-17-20-49(21-18-28)23-25-10-12-27(13-11-25)50-24-32(39(47-50)59(41,56)57)44-37(53)31-8-3-7-29(43-31)30-16-19-42-46-30/h2-3,5,7-13,16,19,24,28,34H,14-15,17-18,20-23H2,1H3,(H,42,46)(H,44,53)(H2,41,56,57)(H,45,52,54). The first-order chi connectivity index (χ1) is 28.4.